The summed E-state index contributed by atoms with van der Waals surface area (Å²) in [6, 6.07) is 10.9. The van der Waals surface area contributed by atoms with Crippen molar-refractivity contribution in [3.8, 4) is 11.1 Å². The van der Waals surface area contributed by atoms with Crippen LogP contribution in [0.4, 0.5) is 4.39 Å². The summed E-state index contributed by atoms with van der Waals surface area (Å²) in [6.07, 6.45) is 0. The van der Waals surface area contributed by atoms with Crippen molar-refractivity contribution in [2.45, 2.75) is 13.5 Å². The molecular weight excluding hydrogens is 237 g/mol. The molecule has 1 nitrogen and oxygen atoms in total. The Morgan fingerprint density at radius 1 is 1.18 bits per heavy atom. The van der Waals surface area contributed by atoms with Crippen LogP contribution >= 0.6 is 11.6 Å². The van der Waals surface area contributed by atoms with Crippen molar-refractivity contribution in [3.63, 3.8) is 0 Å². The second-order valence-electron chi connectivity index (χ2n) is 3.98. The summed E-state index contributed by atoms with van der Waals surface area (Å²) in [5.41, 5.74) is 9.00. The van der Waals surface area contributed by atoms with Gasteiger partial charge in [0.2, 0.25) is 0 Å². The van der Waals surface area contributed by atoms with E-state index in [0.29, 0.717) is 17.1 Å². The first kappa shape index (κ1) is 12.1. The second-order valence-corrected chi connectivity index (χ2v) is 4.39. The van der Waals surface area contributed by atoms with Gasteiger partial charge in [-0.15, -0.1) is 0 Å². The van der Waals surface area contributed by atoms with Crippen molar-refractivity contribution in [1.29, 1.82) is 0 Å². The lowest BCUT2D eigenvalue weighted by molar-refractivity contribution is 0.619. The van der Waals surface area contributed by atoms with Gasteiger partial charge in [0.25, 0.3) is 0 Å². The molecule has 0 aromatic heterocycles. The van der Waals surface area contributed by atoms with Gasteiger partial charge < -0.3 is 5.73 Å². The SMILES string of the molecule is Cc1cc(-c2ccc(CN)cc2)c(Cl)cc1F. The molecule has 0 radical (unpaired) electrons. The van der Waals surface area contributed by atoms with Crippen LogP contribution in [-0.4, -0.2) is 0 Å². The van der Waals surface area contributed by atoms with E-state index in [9.17, 15) is 4.39 Å². The van der Waals surface area contributed by atoms with Crippen LogP contribution in [0.5, 0.6) is 0 Å². The molecule has 0 heterocycles. The summed E-state index contributed by atoms with van der Waals surface area (Å²) >= 11 is 6.04. The van der Waals surface area contributed by atoms with Crippen LogP contribution in [-0.2, 0) is 6.54 Å². The minimum atomic E-state index is -0.280. The Kier molecular flexibility index (Phi) is 3.46. The molecule has 3 heteroatoms. The third-order valence-electron chi connectivity index (χ3n) is 2.75. The number of benzene rings is 2. The topological polar surface area (TPSA) is 26.0 Å². The fourth-order valence-corrected chi connectivity index (χ4v) is 1.96. The molecule has 0 spiro atoms. The van der Waals surface area contributed by atoms with E-state index in [0.717, 1.165) is 16.7 Å². The zero-order chi connectivity index (χ0) is 12.4. The third-order valence-corrected chi connectivity index (χ3v) is 3.06. The largest absolute Gasteiger partial charge is 0.326 e. The average molecular weight is 250 g/mol. The normalized spacial score (nSPS) is 10.6. The lowest BCUT2D eigenvalue weighted by atomic mass is 10.0. The van der Waals surface area contributed by atoms with Crippen LogP contribution in [0.1, 0.15) is 11.1 Å². The van der Waals surface area contributed by atoms with Gasteiger partial charge in [0.15, 0.2) is 0 Å². The summed E-state index contributed by atoms with van der Waals surface area (Å²) in [6.45, 7) is 2.24. The fourth-order valence-electron chi connectivity index (χ4n) is 1.70. The van der Waals surface area contributed by atoms with E-state index in [2.05, 4.69) is 0 Å². The first-order valence-electron chi connectivity index (χ1n) is 5.37. The maximum atomic E-state index is 13.3. The number of hydrogen-bond donors (Lipinski definition) is 1. The van der Waals surface area contributed by atoms with Gasteiger partial charge in [0, 0.05) is 12.1 Å². The molecule has 0 saturated heterocycles. The van der Waals surface area contributed by atoms with Crippen molar-refractivity contribution >= 4 is 11.6 Å². The molecular formula is C14H13ClFN. The fraction of sp³-hybridized carbons (Fsp3) is 0.143. The van der Waals surface area contributed by atoms with Crippen LogP contribution in [0.3, 0.4) is 0 Å². The number of rotatable bonds is 2. The molecule has 0 saturated carbocycles. The third kappa shape index (κ3) is 2.48. The molecule has 17 heavy (non-hydrogen) atoms. The predicted molar refractivity (Wildman–Crippen MR) is 69.5 cm³/mol. The summed E-state index contributed by atoms with van der Waals surface area (Å²) in [5.74, 6) is -0.280. The van der Waals surface area contributed by atoms with E-state index in [-0.39, 0.29) is 5.82 Å². The van der Waals surface area contributed by atoms with E-state index in [4.69, 9.17) is 17.3 Å². The van der Waals surface area contributed by atoms with E-state index in [1.54, 1.807) is 13.0 Å². The molecule has 0 aliphatic heterocycles. The van der Waals surface area contributed by atoms with Gasteiger partial charge in [-0.25, -0.2) is 4.39 Å². The molecule has 0 amide bonds. The molecule has 0 atom stereocenters. The molecule has 0 bridgehead atoms. The predicted octanol–water partition coefficient (Wildman–Crippen LogP) is 3.91. The summed E-state index contributed by atoms with van der Waals surface area (Å²) in [7, 11) is 0. The molecule has 0 aliphatic rings. The van der Waals surface area contributed by atoms with E-state index in [1.165, 1.54) is 6.07 Å². The van der Waals surface area contributed by atoms with Crippen molar-refractivity contribution in [3.05, 3.63) is 58.4 Å². The van der Waals surface area contributed by atoms with Crippen LogP contribution < -0.4 is 5.73 Å². The van der Waals surface area contributed by atoms with E-state index in [1.807, 2.05) is 24.3 Å². The van der Waals surface area contributed by atoms with Crippen molar-refractivity contribution in [1.82, 2.24) is 0 Å². The smallest absolute Gasteiger partial charge is 0.127 e. The van der Waals surface area contributed by atoms with Gasteiger partial charge >= 0.3 is 0 Å². The van der Waals surface area contributed by atoms with Crippen molar-refractivity contribution in [2.75, 3.05) is 0 Å². The van der Waals surface area contributed by atoms with Gasteiger partial charge in [-0.05, 0) is 35.7 Å². The van der Waals surface area contributed by atoms with Crippen molar-refractivity contribution in [2.24, 2.45) is 5.73 Å². The van der Waals surface area contributed by atoms with Gasteiger partial charge in [-0.1, -0.05) is 35.9 Å². The molecule has 2 aromatic carbocycles. The maximum Gasteiger partial charge on any atom is 0.127 e. The van der Waals surface area contributed by atoms with Gasteiger partial charge in [-0.2, -0.15) is 0 Å². The Morgan fingerprint density at radius 2 is 1.82 bits per heavy atom. The Bertz CT molecular complexity index is 535. The Morgan fingerprint density at radius 3 is 2.41 bits per heavy atom. The van der Waals surface area contributed by atoms with Gasteiger partial charge in [0.1, 0.15) is 5.82 Å². The molecule has 2 aromatic rings. The zero-order valence-corrected chi connectivity index (χ0v) is 10.3. The number of halogens is 2. The minimum Gasteiger partial charge on any atom is -0.326 e. The Labute approximate surface area is 105 Å². The number of nitrogens with two attached hydrogens (primary N) is 1. The lowest BCUT2D eigenvalue weighted by Gasteiger charge is -2.07. The highest BCUT2D eigenvalue weighted by atomic mass is 35.5. The molecule has 0 unspecified atom stereocenters. The highest BCUT2D eigenvalue weighted by molar-refractivity contribution is 6.33. The first-order chi connectivity index (χ1) is 8.11. The Balaban J connectivity index is 2.48. The molecule has 0 aliphatic carbocycles. The minimum absolute atomic E-state index is 0.280. The van der Waals surface area contributed by atoms with Gasteiger partial charge in [-0.3, -0.25) is 0 Å². The van der Waals surface area contributed by atoms with E-state index < -0.39 is 0 Å². The first-order valence-corrected chi connectivity index (χ1v) is 5.74. The summed E-state index contributed by atoms with van der Waals surface area (Å²) < 4.78 is 13.3. The molecule has 88 valence electrons. The van der Waals surface area contributed by atoms with Crippen LogP contribution in [0.25, 0.3) is 11.1 Å². The maximum absolute atomic E-state index is 13.3. The van der Waals surface area contributed by atoms with Gasteiger partial charge in [0.05, 0.1) is 5.02 Å². The van der Waals surface area contributed by atoms with Crippen LogP contribution in [0.2, 0.25) is 5.02 Å². The average Bonchev–Trinajstić information content (AvgIpc) is 2.34. The Hall–Kier alpha value is -1.38. The van der Waals surface area contributed by atoms with Crippen LogP contribution in [0.15, 0.2) is 36.4 Å². The lowest BCUT2D eigenvalue weighted by Crippen LogP contribution is -1.95. The van der Waals surface area contributed by atoms with Crippen LogP contribution in [0, 0.1) is 12.7 Å². The zero-order valence-electron chi connectivity index (χ0n) is 9.50. The van der Waals surface area contributed by atoms with Crippen molar-refractivity contribution < 1.29 is 4.39 Å². The standard InChI is InChI=1S/C14H13ClFN/c1-9-6-12(13(15)7-14(9)16)11-4-2-10(8-17)3-5-11/h2-7H,8,17H2,1H3. The van der Waals surface area contributed by atoms with E-state index >= 15 is 0 Å². The highest BCUT2D eigenvalue weighted by Gasteiger charge is 2.07. The monoisotopic (exact) mass is 249 g/mol. The summed E-state index contributed by atoms with van der Waals surface area (Å²) in [5, 5.41) is 0.425. The quantitative estimate of drug-likeness (QED) is 0.858. The number of hydrogen-bond acceptors (Lipinski definition) is 1. The second kappa shape index (κ2) is 4.86. The number of aryl methyl sites for hydroxylation is 1. The molecule has 0 fully saturated rings. The molecule has 2 rings (SSSR count). The molecule has 2 N–H and O–H groups in total. The highest BCUT2D eigenvalue weighted by Crippen LogP contribution is 2.30. The summed E-state index contributed by atoms with van der Waals surface area (Å²) in [4.78, 5) is 0.